The molecule has 1 aromatic rings. The minimum Gasteiger partial charge on any atom is -0.465 e. The molecular weight excluding hydrogens is 268 g/mol. The van der Waals surface area contributed by atoms with Gasteiger partial charge in [0, 0.05) is 10.4 Å². The normalized spacial score (nSPS) is 10.7. The second kappa shape index (κ2) is 5.10. The minimum absolute atomic E-state index is 0.285. The number of aryl methyl sites for hydroxylation is 1. The molecule has 20 heavy (non-hydrogen) atoms. The van der Waals surface area contributed by atoms with Crippen LogP contribution in [0.5, 0.6) is 0 Å². The van der Waals surface area contributed by atoms with Crippen molar-refractivity contribution in [2.24, 2.45) is 0 Å². The average molecular weight is 282 g/mol. The van der Waals surface area contributed by atoms with E-state index in [0.717, 1.165) is 21.6 Å². The van der Waals surface area contributed by atoms with Crippen LogP contribution in [0.3, 0.4) is 0 Å². The topological polar surface area (TPSA) is 26.3 Å². The summed E-state index contributed by atoms with van der Waals surface area (Å²) in [4.78, 5) is 13.3. The maximum atomic E-state index is 12.2. The standard InChI is InChI=1S/C17H14O2S/c1-11-8-15(20-10-11)14-9-12-6-4-3-5-7-13(12)16(14)17(18)19-2/h3-10H,1-2H3. The molecule has 0 saturated carbocycles. The Hall–Kier alpha value is -2.13. The van der Waals surface area contributed by atoms with E-state index in [1.165, 1.54) is 12.7 Å². The van der Waals surface area contributed by atoms with E-state index < -0.39 is 0 Å². The van der Waals surface area contributed by atoms with Gasteiger partial charge in [0.1, 0.15) is 0 Å². The number of carbonyl (C=O) groups excluding carboxylic acids is 1. The number of ether oxygens (including phenoxy) is 1. The van der Waals surface area contributed by atoms with Gasteiger partial charge < -0.3 is 4.74 Å². The monoisotopic (exact) mass is 282 g/mol. The maximum Gasteiger partial charge on any atom is 0.339 e. The van der Waals surface area contributed by atoms with Crippen LogP contribution < -0.4 is 0 Å². The van der Waals surface area contributed by atoms with Gasteiger partial charge >= 0.3 is 5.97 Å². The number of methoxy groups -OCH3 is 1. The Kier molecular flexibility index (Phi) is 3.28. The van der Waals surface area contributed by atoms with Gasteiger partial charge in [-0.1, -0.05) is 30.3 Å². The third-order valence-corrected chi connectivity index (χ3v) is 4.38. The van der Waals surface area contributed by atoms with E-state index in [0.29, 0.717) is 5.56 Å². The van der Waals surface area contributed by atoms with Crippen LogP contribution in [0, 0.1) is 6.92 Å². The third kappa shape index (κ3) is 2.10. The van der Waals surface area contributed by atoms with Crippen LogP contribution in [-0.2, 0) is 4.74 Å². The Bertz CT molecular complexity index is 742. The summed E-state index contributed by atoms with van der Waals surface area (Å²) in [6, 6.07) is 14.0. The summed E-state index contributed by atoms with van der Waals surface area (Å²) in [7, 11) is 1.42. The molecule has 0 N–H and O–H groups in total. The quantitative estimate of drug-likeness (QED) is 0.641. The Morgan fingerprint density at radius 2 is 1.90 bits per heavy atom. The van der Waals surface area contributed by atoms with Crippen molar-refractivity contribution in [2.75, 3.05) is 7.11 Å². The van der Waals surface area contributed by atoms with E-state index >= 15 is 0 Å². The van der Waals surface area contributed by atoms with E-state index in [2.05, 4.69) is 24.4 Å². The maximum absolute atomic E-state index is 12.2. The lowest BCUT2D eigenvalue weighted by Crippen LogP contribution is -2.02. The van der Waals surface area contributed by atoms with E-state index in [1.54, 1.807) is 11.3 Å². The van der Waals surface area contributed by atoms with Gasteiger partial charge in [-0.2, -0.15) is 0 Å². The van der Waals surface area contributed by atoms with E-state index in [-0.39, 0.29) is 5.97 Å². The summed E-state index contributed by atoms with van der Waals surface area (Å²) in [6.07, 6.45) is 0. The molecule has 100 valence electrons. The number of fused-ring (bicyclic) bond motifs is 1. The molecule has 0 aromatic carbocycles. The summed E-state index contributed by atoms with van der Waals surface area (Å²) in [5.74, 6) is -0.285. The highest BCUT2D eigenvalue weighted by Gasteiger charge is 2.23. The molecule has 0 aliphatic heterocycles. The second-order valence-corrected chi connectivity index (χ2v) is 5.60. The van der Waals surface area contributed by atoms with Crippen molar-refractivity contribution in [1.29, 1.82) is 0 Å². The molecule has 1 aromatic heterocycles. The summed E-state index contributed by atoms with van der Waals surface area (Å²) in [6.45, 7) is 2.06. The Balaban J connectivity index is 2.30. The molecule has 2 aliphatic carbocycles. The molecular formula is C17H14O2S. The van der Waals surface area contributed by atoms with Gasteiger partial charge in [-0.15, -0.1) is 11.3 Å². The molecule has 0 bridgehead atoms. The number of carbonyl (C=O) groups is 1. The first kappa shape index (κ1) is 12.9. The number of hydrogen-bond donors (Lipinski definition) is 0. The lowest BCUT2D eigenvalue weighted by molar-refractivity contribution is 0.0603. The van der Waals surface area contributed by atoms with Crippen molar-refractivity contribution in [2.45, 2.75) is 6.92 Å². The number of rotatable bonds is 2. The zero-order valence-corrected chi connectivity index (χ0v) is 12.2. The molecule has 0 unspecified atom stereocenters. The van der Waals surface area contributed by atoms with Crippen LogP contribution in [-0.4, -0.2) is 13.1 Å². The molecule has 3 heteroatoms. The van der Waals surface area contributed by atoms with Crippen molar-refractivity contribution < 1.29 is 9.53 Å². The fourth-order valence-corrected chi connectivity index (χ4v) is 3.30. The van der Waals surface area contributed by atoms with Crippen LogP contribution in [0.1, 0.15) is 15.9 Å². The Labute approximate surface area is 122 Å². The first-order chi connectivity index (χ1) is 9.70. The minimum atomic E-state index is -0.285. The van der Waals surface area contributed by atoms with Crippen LogP contribution >= 0.6 is 11.3 Å². The highest BCUT2D eigenvalue weighted by Crippen LogP contribution is 2.40. The lowest BCUT2D eigenvalue weighted by atomic mass is 10.1. The Morgan fingerprint density at radius 1 is 1.10 bits per heavy atom. The molecule has 0 atom stereocenters. The van der Waals surface area contributed by atoms with E-state index in [1.807, 2.05) is 30.3 Å². The van der Waals surface area contributed by atoms with Crippen LogP contribution in [0.4, 0.5) is 0 Å². The van der Waals surface area contributed by atoms with Gasteiger partial charge in [-0.25, -0.2) is 4.79 Å². The number of hydrogen-bond acceptors (Lipinski definition) is 3. The fourth-order valence-electron chi connectivity index (χ4n) is 2.38. The smallest absolute Gasteiger partial charge is 0.339 e. The number of thiophene rings is 1. The zero-order chi connectivity index (χ0) is 14.1. The molecule has 0 spiro atoms. The summed E-state index contributed by atoms with van der Waals surface area (Å²) >= 11 is 1.65. The van der Waals surface area contributed by atoms with Gasteiger partial charge in [-0.05, 0) is 41.1 Å². The van der Waals surface area contributed by atoms with E-state index in [4.69, 9.17) is 4.74 Å². The molecule has 2 aliphatic rings. The highest BCUT2D eigenvalue weighted by molar-refractivity contribution is 7.13. The average Bonchev–Trinajstić information content (AvgIpc) is 2.95. The van der Waals surface area contributed by atoms with Crippen molar-refractivity contribution in [3.63, 3.8) is 0 Å². The SMILES string of the molecule is COC(=O)c1c2cccccc-2cc1-c1cc(C)cs1. The molecule has 0 amide bonds. The predicted molar refractivity (Wildman–Crippen MR) is 82.5 cm³/mol. The predicted octanol–water partition coefficient (Wildman–Crippen LogP) is 4.61. The lowest BCUT2D eigenvalue weighted by Gasteiger charge is -2.02. The molecule has 0 radical (unpaired) electrons. The summed E-state index contributed by atoms with van der Waals surface area (Å²) in [5.41, 5.74) is 4.80. The molecule has 0 fully saturated rings. The van der Waals surface area contributed by atoms with Gasteiger partial charge in [0.05, 0.1) is 12.7 Å². The van der Waals surface area contributed by atoms with Crippen molar-refractivity contribution in [3.8, 4) is 21.6 Å². The number of esters is 1. The molecule has 0 saturated heterocycles. The second-order valence-electron chi connectivity index (χ2n) is 4.69. The fraction of sp³-hybridized carbons (Fsp3) is 0.118. The van der Waals surface area contributed by atoms with Gasteiger partial charge in [-0.3, -0.25) is 0 Å². The summed E-state index contributed by atoms with van der Waals surface area (Å²) < 4.78 is 4.97. The molecule has 3 rings (SSSR count). The zero-order valence-electron chi connectivity index (χ0n) is 11.3. The van der Waals surface area contributed by atoms with Crippen molar-refractivity contribution in [1.82, 2.24) is 0 Å². The first-order valence-electron chi connectivity index (χ1n) is 6.36. The Morgan fingerprint density at radius 3 is 2.60 bits per heavy atom. The third-order valence-electron chi connectivity index (χ3n) is 3.30. The molecule has 2 nitrogen and oxygen atoms in total. The summed E-state index contributed by atoms with van der Waals surface area (Å²) in [5, 5.41) is 2.09. The van der Waals surface area contributed by atoms with Crippen molar-refractivity contribution >= 4 is 17.3 Å². The van der Waals surface area contributed by atoms with Gasteiger partial charge in [0.25, 0.3) is 0 Å². The van der Waals surface area contributed by atoms with Crippen molar-refractivity contribution in [3.05, 3.63) is 59.0 Å². The van der Waals surface area contributed by atoms with Crippen LogP contribution in [0.2, 0.25) is 0 Å². The molecule has 1 heterocycles. The first-order valence-corrected chi connectivity index (χ1v) is 7.24. The van der Waals surface area contributed by atoms with Crippen LogP contribution in [0.25, 0.3) is 21.6 Å². The largest absolute Gasteiger partial charge is 0.465 e. The van der Waals surface area contributed by atoms with Crippen LogP contribution in [0.15, 0.2) is 47.8 Å². The van der Waals surface area contributed by atoms with E-state index in [9.17, 15) is 4.79 Å². The highest BCUT2D eigenvalue weighted by atomic mass is 32.1. The van der Waals surface area contributed by atoms with Gasteiger partial charge in [0.15, 0.2) is 0 Å². The van der Waals surface area contributed by atoms with Gasteiger partial charge in [0.2, 0.25) is 0 Å².